The Balaban J connectivity index is 1.63. The van der Waals surface area contributed by atoms with E-state index in [2.05, 4.69) is 42.8 Å². The van der Waals surface area contributed by atoms with Gasteiger partial charge < -0.3 is 0 Å². The summed E-state index contributed by atoms with van der Waals surface area (Å²) >= 11 is 0. The molecule has 3 aliphatic carbocycles. The van der Waals surface area contributed by atoms with Gasteiger partial charge in [0.25, 0.3) is 0 Å². The van der Waals surface area contributed by atoms with Gasteiger partial charge >= 0.3 is 0 Å². The molecule has 0 heteroatoms. The lowest BCUT2D eigenvalue weighted by Gasteiger charge is -2.31. The Hall–Kier alpha value is -1.56. The summed E-state index contributed by atoms with van der Waals surface area (Å²) in [6, 6.07) is 13.9. The van der Waals surface area contributed by atoms with Gasteiger partial charge in [0.2, 0.25) is 0 Å². The van der Waals surface area contributed by atoms with E-state index in [1.165, 1.54) is 80.9 Å². The molecule has 129 valence electrons. The molecule has 2 aromatic rings. The maximum atomic E-state index is 2.52. The van der Waals surface area contributed by atoms with Crippen LogP contribution in [0.1, 0.15) is 98.3 Å². The number of fused-ring (bicyclic) bond motifs is 3. The molecule has 0 heterocycles. The van der Waals surface area contributed by atoms with Crippen LogP contribution in [0.2, 0.25) is 0 Å². The first kappa shape index (κ1) is 15.7. The predicted molar refractivity (Wildman–Crippen MR) is 106 cm³/mol. The third-order valence-corrected chi connectivity index (χ3v) is 6.93. The quantitative estimate of drug-likeness (QED) is 0.460. The van der Waals surface area contributed by atoms with Crippen molar-refractivity contribution in [1.29, 1.82) is 0 Å². The molecule has 0 atom stereocenters. The van der Waals surface area contributed by atoms with Gasteiger partial charge in [-0.25, -0.2) is 0 Å². The third kappa shape index (κ3) is 2.75. The van der Waals surface area contributed by atoms with E-state index >= 15 is 0 Å². The summed E-state index contributed by atoms with van der Waals surface area (Å²) in [6.45, 7) is 0. The van der Waals surface area contributed by atoms with E-state index in [1.807, 2.05) is 0 Å². The first-order valence-corrected chi connectivity index (χ1v) is 10.5. The van der Waals surface area contributed by atoms with E-state index in [-0.39, 0.29) is 0 Å². The van der Waals surface area contributed by atoms with Crippen LogP contribution >= 0.6 is 0 Å². The maximum Gasteiger partial charge on any atom is 0.0214 e. The summed E-state index contributed by atoms with van der Waals surface area (Å²) < 4.78 is 0. The van der Waals surface area contributed by atoms with Crippen molar-refractivity contribution in [2.24, 2.45) is 0 Å². The summed E-state index contributed by atoms with van der Waals surface area (Å²) in [4.78, 5) is 0. The minimum absolute atomic E-state index is 0.797. The molecule has 0 unspecified atom stereocenters. The number of benzene rings is 2. The highest BCUT2D eigenvalue weighted by Crippen LogP contribution is 2.48. The van der Waals surface area contributed by atoms with E-state index < -0.39 is 0 Å². The van der Waals surface area contributed by atoms with Crippen molar-refractivity contribution in [3.63, 3.8) is 0 Å². The topological polar surface area (TPSA) is 0 Å². The molecule has 0 saturated heterocycles. The van der Waals surface area contributed by atoms with Gasteiger partial charge in [-0.1, -0.05) is 74.9 Å². The van der Waals surface area contributed by atoms with E-state index in [0.717, 1.165) is 11.8 Å². The monoisotopic (exact) mass is 329 g/mol. The molecule has 0 bridgehead atoms. The molecule has 1 radical (unpaired) electrons. The summed E-state index contributed by atoms with van der Waals surface area (Å²) in [5.41, 5.74) is 9.42. The molecule has 0 spiro atoms. The van der Waals surface area contributed by atoms with Crippen molar-refractivity contribution in [2.75, 3.05) is 0 Å². The van der Waals surface area contributed by atoms with E-state index in [4.69, 9.17) is 0 Å². The summed E-state index contributed by atoms with van der Waals surface area (Å²) in [5, 5.41) is 0. The normalized spacial score (nSPS) is 21.1. The fraction of sp³-hybridized carbons (Fsp3) is 0.480. The Labute approximate surface area is 152 Å². The molecule has 2 fully saturated rings. The van der Waals surface area contributed by atoms with Crippen LogP contribution in [0.3, 0.4) is 0 Å². The molecular weight excluding hydrogens is 300 g/mol. The average Bonchev–Trinajstić information content (AvgIpc) is 3.07. The van der Waals surface area contributed by atoms with Crippen molar-refractivity contribution < 1.29 is 0 Å². The van der Waals surface area contributed by atoms with Gasteiger partial charge in [0.05, 0.1) is 0 Å². The number of rotatable bonds is 2. The van der Waals surface area contributed by atoms with Crippen molar-refractivity contribution in [3.05, 3.63) is 65.1 Å². The Morgan fingerprint density at radius 1 is 0.600 bits per heavy atom. The van der Waals surface area contributed by atoms with Gasteiger partial charge in [-0.05, 0) is 70.9 Å². The Morgan fingerprint density at radius 3 is 2.04 bits per heavy atom. The number of hydrogen-bond acceptors (Lipinski definition) is 0. The highest BCUT2D eigenvalue weighted by atomic mass is 14.3. The predicted octanol–water partition coefficient (Wildman–Crippen LogP) is 7.36. The molecule has 25 heavy (non-hydrogen) atoms. The van der Waals surface area contributed by atoms with Gasteiger partial charge in [-0.3, -0.25) is 0 Å². The van der Waals surface area contributed by atoms with Crippen LogP contribution < -0.4 is 0 Å². The van der Waals surface area contributed by atoms with E-state index in [0.29, 0.717) is 0 Å². The largest absolute Gasteiger partial charge is 0.0619 e. The second kappa shape index (κ2) is 6.63. The minimum Gasteiger partial charge on any atom is -0.0619 e. The van der Waals surface area contributed by atoms with Crippen molar-refractivity contribution >= 4 is 0 Å². The summed E-state index contributed by atoms with van der Waals surface area (Å²) in [7, 11) is 0. The van der Waals surface area contributed by atoms with Crippen LogP contribution in [0.15, 0.2) is 36.4 Å². The first-order valence-electron chi connectivity index (χ1n) is 10.5. The Kier molecular flexibility index (Phi) is 4.16. The van der Waals surface area contributed by atoms with Gasteiger partial charge in [-0.2, -0.15) is 0 Å². The fourth-order valence-electron chi connectivity index (χ4n) is 5.68. The van der Waals surface area contributed by atoms with Crippen LogP contribution in [0.5, 0.6) is 0 Å². The molecule has 0 aliphatic heterocycles. The standard InChI is InChI=1S/C25H29/c1-3-9-18(10-4-1)22-15-16-23-21-14-8-7-13-20(21)17-24(23)25(22)19-11-5-2-6-12-19/h7-8,13-19H,1-6,9-12H2. The molecule has 2 saturated carbocycles. The van der Waals surface area contributed by atoms with Gasteiger partial charge in [-0.15, -0.1) is 0 Å². The Morgan fingerprint density at radius 2 is 1.28 bits per heavy atom. The van der Waals surface area contributed by atoms with Crippen LogP contribution in [0.4, 0.5) is 0 Å². The molecule has 3 aliphatic rings. The summed E-state index contributed by atoms with van der Waals surface area (Å²) in [6.07, 6.45) is 16.7. The maximum absolute atomic E-state index is 2.52. The zero-order chi connectivity index (χ0) is 16.6. The fourth-order valence-corrected chi connectivity index (χ4v) is 5.68. The molecule has 0 amide bonds. The highest BCUT2D eigenvalue weighted by Gasteiger charge is 2.30. The van der Waals surface area contributed by atoms with E-state index in [9.17, 15) is 0 Å². The van der Waals surface area contributed by atoms with Gasteiger partial charge in [0, 0.05) is 6.42 Å². The van der Waals surface area contributed by atoms with Crippen LogP contribution in [0.25, 0.3) is 11.1 Å². The Bertz CT molecular complexity index is 758. The lowest BCUT2D eigenvalue weighted by Crippen LogP contribution is -2.14. The van der Waals surface area contributed by atoms with Crippen LogP contribution in [-0.4, -0.2) is 0 Å². The van der Waals surface area contributed by atoms with Crippen LogP contribution in [-0.2, 0) is 0 Å². The molecule has 5 rings (SSSR count). The lowest BCUT2D eigenvalue weighted by atomic mass is 9.73. The van der Waals surface area contributed by atoms with Crippen LogP contribution in [0, 0.1) is 6.42 Å². The molecule has 0 N–H and O–H groups in total. The highest BCUT2D eigenvalue weighted by molar-refractivity contribution is 5.83. The molecule has 2 aromatic carbocycles. The molecule has 0 aromatic heterocycles. The second-order valence-corrected chi connectivity index (χ2v) is 8.43. The van der Waals surface area contributed by atoms with Crippen molar-refractivity contribution in [2.45, 2.75) is 76.0 Å². The SMILES string of the molecule is [CH]1c2ccccc2-c2ccc(C3CCCCC3)c(C3CCCCC3)c21. The van der Waals surface area contributed by atoms with Crippen molar-refractivity contribution in [3.8, 4) is 11.1 Å². The van der Waals surface area contributed by atoms with Crippen molar-refractivity contribution in [1.82, 2.24) is 0 Å². The molecular formula is C25H29. The second-order valence-electron chi connectivity index (χ2n) is 8.43. The third-order valence-electron chi connectivity index (χ3n) is 6.93. The lowest BCUT2D eigenvalue weighted by molar-refractivity contribution is 0.418. The number of hydrogen-bond donors (Lipinski definition) is 0. The molecule has 0 nitrogen and oxygen atoms in total. The average molecular weight is 330 g/mol. The van der Waals surface area contributed by atoms with Gasteiger partial charge in [0.15, 0.2) is 0 Å². The first-order chi connectivity index (χ1) is 12.4. The zero-order valence-corrected chi connectivity index (χ0v) is 15.3. The van der Waals surface area contributed by atoms with Gasteiger partial charge in [0.1, 0.15) is 0 Å². The minimum atomic E-state index is 0.797. The smallest absolute Gasteiger partial charge is 0.0214 e. The zero-order valence-electron chi connectivity index (χ0n) is 15.3. The summed E-state index contributed by atoms with van der Waals surface area (Å²) in [5.74, 6) is 1.61. The van der Waals surface area contributed by atoms with E-state index in [1.54, 1.807) is 16.7 Å².